The molecule has 6 saturated carbocycles. The van der Waals surface area contributed by atoms with Gasteiger partial charge in [-0.05, 0) is 202 Å². The van der Waals surface area contributed by atoms with Gasteiger partial charge in [0.1, 0.15) is 0 Å². The molecule has 3 heteroatoms. The number of aliphatic hydroxyl groups excluding tert-OH is 1. The summed E-state index contributed by atoms with van der Waals surface area (Å²) in [5, 5.41) is 10.3. The number of aliphatic hydroxyl groups is 1. The molecule has 6 aliphatic carbocycles. The number of hydrogen-bond donors (Lipinski definition) is 1. The molecule has 2 nitrogen and oxygen atoms in total. The average Bonchev–Trinajstić information content (AvgIpc) is 3.79. The normalized spacial score (nSPS) is 35.9. The van der Waals surface area contributed by atoms with E-state index in [0.717, 1.165) is 74.0 Å². The van der Waals surface area contributed by atoms with E-state index in [9.17, 15) is 5.11 Å². The smallest absolute Gasteiger partial charge is 0.192 e. The van der Waals surface area contributed by atoms with Gasteiger partial charge < -0.3 is 9.53 Å². The van der Waals surface area contributed by atoms with E-state index in [1.54, 1.807) is 11.1 Å². The van der Waals surface area contributed by atoms with Crippen molar-refractivity contribution in [1.82, 2.24) is 0 Å². The lowest BCUT2D eigenvalue weighted by Gasteiger charge is -2.44. The van der Waals surface area contributed by atoms with Crippen molar-refractivity contribution in [3.8, 4) is 0 Å². The quantitative estimate of drug-likeness (QED) is 0.156. The first-order valence-corrected chi connectivity index (χ1v) is 30.2. The van der Waals surface area contributed by atoms with Crippen LogP contribution < -0.4 is 0 Å². The Morgan fingerprint density at radius 3 is 1.46 bits per heavy atom. The second-order valence-electron chi connectivity index (χ2n) is 25.6. The molecule has 0 aromatic rings. The molecule has 0 radical (unpaired) electrons. The zero-order valence-corrected chi connectivity index (χ0v) is 46.1. The zero-order valence-electron chi connectivity index (χ0n) is 45.1. The van der Waals surface area contributed by atoms with Crippen LogP contribution in [0.5, 0.6) is 0 Å². The molecular weight excluding hydrogens is 805 g/mol. The first kappa shape index (κ1) is 54.0. The minimum absolute atomic E-state index is 0.182. The molecule has 65 heavy (non-hydrogen) atoms. The first-order chi connectivity index (χ1) is 30.4. The number of rotatable bonds is 12. The van der Waals surface area contributed by atoms with Gasteiger partial charge in [0, 0.05) is 6.10 Å². The monoisotopic (exact) mass is 907 g/mol. The Bertz CT molecular complexity index is 1810. The second-order valence-corrected chi connectivity index (χ2v) is 30.4. The summed E-state index contributed by atoms with van der Waals surface area (Å²) in [5.74, 6) is 7.19. The SMILES string of the molecule is C=C1CCC(O)C/C1=C/C=C1\CCC[C@@]2(C)C1CCC2C(C)/C=C/C(C)C(C)C.C=C1CCC(O[Si](C)(C)C(C)(C)C)C/C1=C/C=C1\CCC[C@@]2(C)C1CCC2C(C)/C=C/C(C)C(C)C. The van der Waals surface area contributed by atoms with Crippen LogP contribution in [0.1, 0.15) is 193 Å². The summed E-state index contributed by atoms with van der Waals surface area (Å²) < 4.78 is 6.82. The molecule has 6 rings (SSSR count). The summed E-state index contributed by atoms with van der Waals surface area (Å²) in [7, 11) is -1.74. The molecule has 0 saturated heterocycles. The van der Waals surface area contributed by atoms with Crippen molar-refractivity contribution >= 4 is 8.32 Å². The van der Waals surface area contributed by atoms with Gasteiger partial charge in [-0.15, -0.1) is 0 Å². The summed E-state index contributed by atoms with van der Waals surface area (Å²) in [4.78, 5) is 0. The van der Waals surface area contributed by atoms with E-state index in [2.05, 4.69) is 165 Å². The lowest BCUT2D eigenvalue weighted by atomic mass is 9.61. The van der Waals surface area contributed by atoms with Gasteiger partial charge in [0.15, 0.2) is 8.32 Å². The van der Waals surface area contributed by atoms with E-state index in [1.165, 1.54) is 86.5 Å². The highest BCUT2D eigenvalue weighted by Crippen LogP contribution is 2.61. The minimum Gasteiger partial charge on any atom is -0.414 e. The highest BCUT2D eigenvalue weighted by molar-refractivity contribution is 6.74. The van der Waals surface area contributed by atoms with Crippen molar-refractivity contribution < 1.29 is 9.53 Å². The molecule has 12 atom stereocenters. The van der Waals surface area contributed by atoms with Crippen LogP contribution in [-0.4, -0.2) is 25.6 Å². The summed E-state index contributed by atoms with van der Waals surface area (Å²) in [5.41, 5.74) is 9.55. The van der Waals surface area contributed by atoms with Crippen LogP contribution in [0.15, 0.2) is 95.2 Å². The average molecular weight is 908 g/mol. The van der Waals surface area contributed by atoms with Crippen LogP contribution in [0.4, 0.5) is 0 Å². The molecule has 0 aromatic heterocycles. The van der Waals surface area contributed by atoms with Crippen LogP contribution >= 0.6 is 0 Å². The van der Waals surface area contributed by atoms with Crippen molar-refractivity contribution in [2.24, 2.45) is 70.0 Å². The summed E-state index contributed by atoms with van der Waals surface area (Å²) in [6.07, 6.45) is 39.2. The molecule has 0 spiro atoms. The Labute approximate surface area is 404 Å². The van der Waals surface area contributed by atoms with Gasteiger partial charge in [0.05, 0.1) is 6.10 Å². The first-order valence-electron chi connectivity index (χ1n) is 27.3. The highest BCUT2D eigenvalue weighted by Gasteiger charge is 2.51. The summed E-state index contributed by atoms with van der Waals surface area (Å²) in [6.45, 7) is 44.7. The maximum absolute atomic E-state index is 10.0. The van der Waals surface area contributed by atoms with Crippen molar-refractivity contribution in [3.63, 3.8) is 0 Å². The van der Waals surface area contributed by atoms with Crippen molar-refractivity contribution in [3.05, 3.63) is 95.2 Å². The topological polar surface area (TPSA) is 29.5 Å². The number of hydrogen-bond acceptors (Lipinski definition) is 2. The van der Waals surface area contributed by atoms with Crippen molar-refractivity contribution in [1.29, 1.82) is 0 Å². The van der Waals surface area contributed by atoms with Crippen molar-refractivity contribution in [2.45, 2.75) is 223 Å². The molecule has 0 aliphatic heterocycles. The van der Waals surface area contributed by atoms with Crippen LogP contribution in [0.25, 0.3) is 0 Å². The van der Waals surface area contributed by atoms with Gasteiger partial charge in [0.2, 0.25) is 0 Å². The van der Waals surface area contributed by atoms with Crippen molar-refractivity contribution in [2.75, 3.05) is 0 Å². The maximum atomic E-state index is 10.0. The van der Waals surface area contributed by atoms with E-state index in [-0.39, 0.29) is 11.1 Å². The number of fused-ring (bicyclic) bond motifs is 2. The molecule has 6 aliphatic rings. The molecule has 6 fully saturated rings. The van der Waals surface area contributed by atoms with E-state index < -0.39 is 8.32 Å². The fraction of sp³-hybridized carbons (Fsp3) is 0.742. The zero-order chi connectivity index (χ0) is 48.1. The Kier molecular flexibility index (Phi) is 18.8. The van der Waals surface area contributed by atoms with Gasteiger partial charge in [-0.3, -0.25) is 0 Å². The largest absolute Gasteiger partial charge is 0.414 e. The van der Waals surface area contributed by atoms with Crippen LogP contribution in [0, 0.1) is 70.0 Å². The van der Waals surface area contributed by atoms with Crippen LogP contribution in [-0.2, 0) is 4.43 Å². The van der Waals surface area contributed by atoms with Gasteiger partial charge >= 0.3 is 0 Å². The van der Waals surface area contributed by atoms with Gasteiger partial charge in [-0.1, -0.05) is 174 Å². The second kappa shape index (κ2) is 22.7. The summed E-state index contributed by atoms with van der Waals surface area (Å²) in [6, 6.07) is 0. The molecule has 0 amide bonds. The van der Waals surface area contributed by atoms with Crippen LogP contribution in [0.3, 0.4) is 0 Å². The molecule has 366 valence electrons. The third-order valence-corrected chi connectivity index (χ3v) is 24.0. The molecule has 1 N–H and O–H groups in total. The predicted octanol–water partition coefficient (Wildman–Crippen LogP) is 18.3. The van der Waals surface area contributed by atoms with Crippen LogP contribution in [0.2, 0.25) is 18.1 Å². The standard InChI is InChI=1S/C34H58OSi.C28H44O/c1-24(2)25(3)14-15-27(5)31-20-21-32-28(13-12-22-34(31,32)9)17-18-29-23-30(19-16-26(29)4)35-36(10,11)33(6,7)8;1-19(2)20(3)9-10-22(5)26-15-16-27-23(8-7-17-28(26,27)6)12-13-24-18-25(29)14-11-21(24)4/h14-15,17-18,24-25,27,30-32H,4,12-13,16,19-23H2,1-3,5-11H3;9-10,12-13,19-20,22,25-27,29H,4,7-8,11,14-18H2,1-3,5-6H3/b15-14+,28-17+,29-18-;10-9+,23-12+,24-13-/t25?,27?,30?,31?,32?,34-;20?,22?,25?,26?,27?,28-/m11/s1. The van der Waals surface area contributed by atoms with Gasteiger partial charge in [0.25, 0.3) is 0 Å². The Hall–Kier alpha value is -1.94. The fourth-order valence-corrected chi connectivity index (χ4v) is 14.6. The Morgan fingerprint density at radius 2 is 1.03 bits per heavy atom. The lowest BCUT2D eigenvalue weighted by Crippen LogP contribution is -2.44. The van der Waals surface area contributed by atoms with E-state index in [1.807, 2.05) is 0 Å². The minimum atomic E-state index is -1.74. The molecule has 0 heterocycles. The maximum Gasteiger partial charge on any atom is 0.192 e. The lowest BCUT2D eigenvalue weighted by molar-refractivity contribution is 0.112. The van der Waals surface area contributed by atoms with E-state index in [0.29, 0.717) is 40.6 Å². The highest BCUT2D eigenvalue weighted by atomic mass is 28.4. The molecular formula is C62H102O2Si. The van der Waals surface area contributed by atoms with E-state index >= 15 is 0 Å². The molecule has 0 aromatic carbocycles. The molecule has 10 unspecified atom stereocenters. The summed E-state index contributed by atoms with van der Waals surface area (Å²) >= 11 is 0. The third kappa shape index (κ3) is 13.2. The molecule has 0 bridgehead atoms. The predicted molar refractivity (Wildman–Crippen MR) is 287 cm³/mol. The Balaban J connectivity index is 0.000000250. The Morgan fingerprint density at radius 1 is 0.600 bits per heavy atom. The van der Waals surface area contributed by atoms with E-state index in [4.69, 9.17) is 4.43 Å². The fourth-order valence-electron chi connectivity index (χ4n) is 13.2. The van der Waals surface area contributed by atoms with Gasteiger partial charge in [-0.2, -0.15) is 0 Å². The number of allylic oxidation sites excluding steroid dienone is 12. The third-order valence-electron chi connectivity index (χ3n) is 19.5. The van der Waals surface area contributed by atoms with Gasteiger partial charge in [-0.25, -0.2) is 0 Å².